The van der Waals surface area contributed by atoms with Crippen molar-refractivity contribution in [1.82, 2.24) is 4.72 Å². The summed E-state index contributed by atoms with van der Waals surface area (Å²) in [5.41, 5.74) is 1.47. The van der Waals surface area contributed by atoms with E-state index in [9.17, 15) is 22.8 Å². The summed E-state index contributed by atoms with van der Waals surface area (Å²) in [5.74, 6) is -1.37. The molecule has 2 aromatic rings. The van der Waals surface area contributed by atoms with E-state index >= 15 is 0 Å². The third-order valence-corrected chi connectivity index (χ3v) is 6.34. The van der Waals surface area contributed by atoms with Gasteiger partial charge in [-0.25, -0.2) is 8.42 Å². The number of hydrogen-bond acceptors (Lipinski definition) is 7. The molecule has 2 aromatic carbocycles. The van der Waals surface area contributed by atoms with Gasteiger partial charge in [0, 0.05) is 5.56 Å². The largest absolute Gasteiger partial charge is 0.452 e. The highest BCUT2D eigenvalue weighted by Crippen LogP contribution is 2.29. The minimum Gasteiger partial charge on any atom is -0.452 e. The fourth-order valence-corrected chi connectivity index (χ4v) is 4.72. The fourth-order valence-electron chi connectivity index (χ4n) is 3.47. The zero-order valence-corrected chi connectivity index (χ0v) is 17.9. The van der Waals surface area contributed by atoms with E-state index in [0.717, 1.165) is 0 Å². The van der Waals surface area contributed by atoms with E-state index < -0.39 is 28.0 Å². The van der Waals surface area contributed by atoms with Crippen LogP contribution in [0.15, 0.2) is 58.4 Å². The molecule has 1 atom stereocenters. The van der Waals surface area contributed by atoms with E-state index in [1.807, 2.05) is 0 Å². The van der Waals surface area contributed by atoms with E-state index in [0.29, 0.717) is 16.9 Å². The summed E-state index contributed by atoms with van der Waals surface area (Å²) < 4.78 is 31.8. The van der Waals surface area contributed by atoms with Gasteiger partial charge in [-0.05, 0) is 31.2 Å². The van der Waals surface area contributed by atoms with Gasteiger partial charge in [-0.15, -0.1) is 0 Å². The lowest BCUT2D eigenvalue weighted by molar-refractivity contribution is -0.153. The minimum absolute atomic E-state index is 0.0269. The number of amides is 2. The summed E-state index contributed by atoms with van der Waals surface area (Å²) in [6.07, 6.45) is -1.26. The molecule has 0 aromatic heterocycles. The number of ether oxygens (including phenoxy) is 1. The summed E-state index contributed by atoms with van der Waals surface area (Å²) in [6.45, 7) is 1.23. The molecule has 2 N–H and O–H groups in total. The van der Waals surface area contributed by atoms with Crippen molar-refractivity contribution in [2.45, 2.75) is 24.3 Å². The third-order valence-electron chi connectivity index (χ3n) is 4.94. The number of carbonyl (C=O) groups excluding carboxylic acids is 3. The molecule has 0 saturated heterocycles. The molecule has 1 unspecified atom stereocenters. The van der Waals surface area contributed by atoms with Gasteiger partial charge >= 0.3 is 5.97 Å². The smallest absolute Gasteiger partial charge is 0.308 e. The Balaban J connectivity index is 1.37. The van der Waals surface area contributed by atoms with Gasteiger partial charge < -0.3 is 10.1 Å². The van der Waals surface area contributed by atoms with Crippen LogP contribution in [0.4, 0.5) is 11.4 Å². The molecule has 10 nitrogen and oxygen atoms in total. The van der Waals surface area contributed by atoms with Crippen molar-refractivity contribution < 1.29 is 27.5 Å². The molecule has 0 bridgehead atoms. The SMILES string of the molecule is CC(OC(=O)CCN=C1NS(=O)(=O)c2ccccc21)C(=O)N1CC(=O)Nc2ccccc21. The molecule has 11 heteroatoms. The van der Waals surface area contributed by atoms with E-state index in [2.05, 4.69) is 15.0 Å². The van der Waals surface area contributed by atoms with Crippen LogP contribution in [0.2, 0.25) is 0 Å². The van der Waals surface area contributed by atoms with Gasteiger partial charge in [-0.3, -0.25) is 29.0 Å². The number of fused-ring (bicyclic) bond motifs is 2. The van der Waals surface area contributed by atoms with E-state index in [-0.39, 0.29) is 36.1 Å². The maximum absolute atomic E-state index is 12.8. The maximum Gasteiger partial charge on any atom is 0.308 e. The second-order valence-electron chi connectivity index (χ2n) is 7.20. The number of nitrogens with one attached hydrogen (secondary N) is 2. The average molecular weight is 456 g/mol. The zero-order valence-electron chi connectivity index (χ0n) is 17.1. The van der Waals surface area contributed by atoms with E-state index in [1.54, 1.807) is 42.5 Å². The minimum atomic E-state index is -3.66. The van der Waals surface area contributed by atoms with Crippen molar-refractivity contribution in [2.24, 2.45) is 4.99 Å². The Morgan fingerprint density at radius 3 is 2.69 bits per heavy atom. The fraction of sp³-hybridized carbons (Fsp3) is 0.238. The van der Waals surface area contributed by atoms with E-state index in [4.69, 9.17) is 4.74 Å². The molecular weight excluding hydrogens is 436 g/mol. The van der Waals surface area contributed by atoms with Crippen LogP contribution in [0.25, 0.3) is 0 Å². The number of anilines is 2. The molecule has 0 radical (unpaired) electrons. The molecule has 2 heterocycles. The molecular formula is C21H20N4O6S. The lowest BCUT2D eigenvalue weighted by atomic mass is 10.1. The summed E-state index contributed by atoms with van der Waals surface area (Å²) in [4.78, 5) is 42.5. The molecule has 32 heavy (non-hydrogen) atoms. The van der Waals surface area contributed by atoms with Crippen molar-refractivity contribution in [1.29, 1.82) is 0 Å². The number of carbonyl (C=O) groups is 3. The van der Waals surface area contributed by atoms with Crippen LogP contribution < -0.4 is 14.9 Å². The van der Waals surface area contributed by atoms with Crippen molar-refractivity contribution >= 4 is 45.0 Å². The van der Waals surface area contributed by atoms with E-state index in [1.165, 1.54) is 17.9 Å². The Morgan fingerprint density at radius 1 is 1.16 bits per heavy atom. The van der Waals surface area contributed by atoms with Crippen molar-refractivity contribution in [2.75, 3.05) is 23.3 Å². The molecule has 2 aliphatic rings. The average Bonchev–Trinajstić information content (AvgIpc) is 3.03. The third kappa shape index (κ3) is 4.19. The van der Waals surface area contributed by atoms with Crippen molar-refractivity contribution in [3.8, 4) is 0 Å². The Bertz CT molecular complexity index is 1240. The summed E-state index contributed by atoms with van der Waals surface area (Å²) in [6, 6.07) is 13.2. The number of hydrogen-bond donors (Lipinski definition) is 2. The standard InChI is InChI=1S/C21H20N4O6S/c1-13(21(28)25-12-18(26)23-15-7-3-4-8-16(15)25)31-19(27)10-11-22-20-14-6-2-5-9-17(14)32(29,30)24-20/h2-9,13H,10-12H2,1H3,(H,22,24)(H,23,26). The number of aliphatic imine (C=N–C) groups is 1. The van der Waals surface area contributed by atoms with Gasteiger partial charge in [0.25, 0.3) is 15.9 Å². The van der Waals surface area contributed by atoms with Gasteiger partial charge in [-0.1, -0.05) is 24.3 Å². The van der Waals surface area contributed by atoms with Crippen LogP contribution in [0.5, 0.6) is 0 Å². The van der Waals surface area contributed by atoms with Crippen LogP contribution in [0, 0.1) is 0 Å². The van der Waals surface area contributed by atoms with Crippen LogP contribution in [0.1, 0.15) is 18.9 Å². The molecule has 0 saturated carbocycles. The number of rotatable bonds is 5. The topological polar surface area (TPSA) is 134 Å². The predicted molar refractivity (Wildman–Crippen MR) is 116 cm³/mol. The lowest BCUT2D eigenvalue weighted by Crippen LogP contribution is -2.47. The first kappa shape index (κ1) is 21.5. The van der Waals surface area contributed by atoms with Gasteiger partial charge in [0.2, 0.25) is 5.91 Å². The molecule has 4 rings (SSSR count). The zero-order chi connectivity index (χ0) is 22.9. The predicted octanol–water partition coefficient (Wildman–Crippen LogP) is 1.03. The highest BCUT2D eigenvalue weighted by molar-refractivity contribution is 7.90. The molecule has 0 spiro atoms. The number of benzene rings is 2. The van der Waals surface area contributed by atoms with Crippen LogP contribution >= 0.6 is 0 Å². The first-order chi connectivity index (χ1) is 15.3. The normalized spacial score (nSPS) is 18.2. The molecule has 166 valence electrons. The number of esters is 1. The first-order valence-corrected chi connectivity index (χ1v) is 11.3. The first-order valence-electron chi connectivity index (χ1n) is 9.82. The Kier molecular flexibility index (Phi) is 5.66. The highest BCUT2D eigenvalue weighted by Gasteiger charge is 2.32. The number of nitrogens with zero attached hydrogens (tertiary/aromatic N) is 2. The highest BCUT2D eigenvalue weighted by atomic mass is 32.2. The lowest BCUT2D eigenvalue weighted by Gasteiger charge is -2.30. The Hall–Kier alpha value is -3.73. The second kappa shape index (κ2) is 8.42. The number of para-hydroxylation sites is 2. The van der Waals surface area contributed by atoms with Crippen molar-refractivity contribution in [3.05, 3.63) is 54.1 Å². The quantitative estimate of drug-likeness (QED) is 0.646. The molecule has 0 aliphatic carbocycles. The molecule has 2 aliphatic heterocycles. The van der Waals surface area contributed by atoms with Gasteiger partial charge in [0.05, 0.1) is 29.2 Å². The maximum atomic E-state index is 12.8. The molecule has 2 amide bonds. The van der Waals surface area contributed by atoms with Gasteiger partial charge in [-0.2, -0.15) is 0 Å². The monoisotopic (exact) mass is 456 g/mol. The number of sulfonamides is 1. The van der Waals surface area contributed by atoms with Crippen molar-refractivity contribution in [3.63, 3.8) is 0 Å². The summed E-state index contributed by atoms with van der Waals surface area (Å²) in [5, 5.41) is 2.69. The summed E-state index contributed by atoms with van der Waals surface area (Å²) in [7, 11) is -3.66. The van der Waals surface area contributed by atoms with Crippen LogP contribution in [-0.2, 0) is 29.1 Å². The summed E-state index contributed by atoms with van der Waals surface area (Å²) >= 11 is 0. The van der Waals surface area contributed by atoms with Gasteiger partial charge in [0.1, 0.15) is 12.4 Å². The number of amidine groups is 1. The molecule has 0 fully saturated rings. The Morgan fingerprint density at radius 2 is 1.88 bits per heavy atom. The Labute approximate surface area is 184 Å². The van der Waals surface area contributed by atoms with Crippen LogP contribution in [-0.4, -0.2) is 51.2 Å². The van der Waals surface area contributed by atoms with Gasteiger partial charge in [0.15, 0.2) is 6.10 Å². The van der Waals surface area contributed by atoms with Crippen LogP contribution in [0.3, 0.4) is 0 Å². The second-order valence-corrected chi connectivity index (χ2v) is 8.85.